The molecule has 0 bridgehead atoms. The van der Waals surface area contributed by atoms with Crippen molar-refractivity contribution >= 4 is 17.0 Å². The van der Waals surface area contributed by atoms with Crippen LogP contribution in [0.25, 0.3) is 0 Å². The average Bonchev–Trinajstić information content (AvgIpc) is 2.34. The first kappa shape index (κ1) is 8.99. The molecule has 0 radical (unpaired) electrons. The van der Waals surface area contributed by atoms with Crippen LogP contribution in [0.15, 0.2) is 23.8 Å². The molecule has 0 aliphatic heterocycles. The Bertz CT molecular complexity index is 165. The van der Waals surface area contributed by atoms with E-state index in [0.29, 0.717) is 6.61 Å². The molecule has 0 saturated carbocycles. The Morgan fingerprint density at radius 3 is 2.90 bits per heavy atom. The van der Waals surface area contributed by atoms with E-state index < -0.39 is 19.8 Å². The van der Waals surface area contributed by atoms with E-state index in [2.05, 4.69) is 6.08 Å². The molecule has 0 amide bonds. The van der Waals surface area contributed by atoms with E-state index in [4.69, 9.17) is 19.8 Å². The summed E-state index contributed by atoms with van der Waals surface area (Å²) in [5, 5.41) is 0. The maximum atomic E-state index is 5.55. The number of hydrogen-bond acceptors (Lipinski definition) is 1. The zero-order valence-electron chi connectivity index (χ0n) is 5.31. The van der Waals surface area contributed by atoms with Crippen LogP contribution in [0.5, 0.6) is 0 Å². The van der Waals surface area contributed by atoms with E-state index in [1.54, 1.807) is 0 Å². The second-order valence-electron chi connectivity index (χ2n) is 1.97. The number of halogens is 2. The van der Waals surface area contributed by atoms with Gasteiger partial charge in [-0.2, -0.15) is 0 Å². The van der Waals surface area contributed by atoms with Crippen LogP contribution < -0.4 is 0 Å². The van der Waals surface area contributed by atoms with Crippen LogP contribution in [0, 0.1) is 0 Å². The third-order valence-corrected chi connectivity index (χ3v) is 3.40. The van der Waals surface area contributed by atoms with Gasteiger partial charge >= 0.3 is 76.5 Å². The van der Waals surface area contributed by atoms with Crippen molar-refractivity contribution in [2.24, 2.45) is 0 Å². The molecule has 0 N–H and O–H groups in total. The molecule has 55 valence electrons. The van der Waals surface area contributed by atoms with Crippen molar-refractivity contribution in [1.29, 1.82) is 0 Å². The van der Waals surface area contributed by atoms with Crippen molar-refractivity contribution in [2.75, 3.05) is 6.61 Å². The molecule has 0 aromatic rings. The fourth-order valence-corrected chi connectivity index (χ4v) is 2.12. The molecular weight excluding hydrogens is 250 g/mol. The fraction of sp³-hybridized carbons (Fsp3) is 0.333. The summed E-state index contributed by atoms with van der Waals surface area (Å²) < 4.78 is 5.14. The van der Waals surface area contributed by atoms with Gasteiger partial charge in [-0.1, -0.05) is 0 Å². The van der Waals surface area contributed by atoms with Gasteiger partial charge < -0.3 is 0 Å². The predicted octanol–water partition coefficient (Wildman–Crippen LogP) is 2.73. The van der Waals surface area contributed by atoms with Crippen LogP contribution in [-0.4, -0.2) is 6.61 Å². The van der Waals surface area contributed by atoms with Gasteiger partial charge in [0, 0.05) is 0 Å². The first-order valence-corrected chi connectivity index (χ1v) is 10.3. The molecule has 1 aliphatic rings. The molecule has 4 heteroatoms. The van der Waals surface area contributed by atoms with Gasteiger partial charge in [-0.3, -0.25) is 0 Å². The van der Waals surface area contributed by atoms with Gasteiger partial charge in [0.15, 0.2) is 0 Å². The number of allylic oxidation sites excluding steroid dienone is 3. The predicted molar refractivity (Wildman–Crippen MR) is 39.5 cm³/mol. The first-order valence-electron chi connectivity index (χ1n) is 2.94. The SMILES string of the molecule is [Cl][Zr]([Cl])[O]CC1=CC=CC1. The van der Waals surface area contributed by atoms with E-state index in [0.717, 1.165) is 6.42 Å². The van der Waals surface area contributed by atoms with Gasteiger partial charge in [-0.15, -0.1) is 0 Å². The summed E-state index contributed by atoms with van der Waals surface area (Å²) in [6, 6.07) is 0. The topological polar surface area (TPSA) is 9.23 Å². The summed E-state index contributed by atoms with van der Waals surface area (Å²) in [6.07, 6.45) is 7.14. The van der Waals surface area contributed by atoms with Crippen molar-refractivity contribution in [3.8, 4) is 0 Å². The Labute approximate surface area is 76.0 Å². The van der Waals surface area contributed by atoms with Crippen LogP contribution in [0.1, 0.15) is 6.42 Å². The minimum absolute atomic E-state index is 0.620. The molecule has 0 atom stereocenters. The third-order valence-electron chi connectivity index (χ3n) is 1.21. The number of hydrogen-bond donors (Lipinski definition) is 0. The maximum absolute atomic E-state index is 5.55. The molecule has 0 unspecified atom stereocenters. The van der Waals surface area contributed by atoms with Crippen LogP contribution in [-0.2, 0) is 22.6 Å². The molecule has 0 heterocycles. The summed E-state index contributed by atoms with van der Waals surface area (Å²) in [5.74, 6) is 0. The minimum atomic E-state index is -2.33. The molecule has 1 aliphatic carbocycles. The first-order chi connectivity index (χ1) is 4.79. The van der Waals surface area contributed by atoms with E-state index in [1.807, 2.05) is 12.2 Å². The van der Waals surface area contributed by atoms with Crippen molar-refractivity contribution < 1.29 is 22.6 Å². The van der Waals surface area contributed by atoms with Gasteiger partial charge in [-0.05, 0) is 0 Å². The number of rotatable bonds is 3. The van der Waals surface area contributed by atoms with E-state index in [-0.39, 0.29) is 0 Å². The van der Waals surface area contributed by atoms with Crippen molar-refractivity contribution in [3.63, 3.8) is 0 Å². The molecular formula is C6H7Cl2OZr. The standard InChI is InChI=1S/C6H7O.2ClH.Zr/c7-5-6-3-1-2-4-6;;;/h1-3H,4-5H2;2*1H;/q-1;;;+3/p-2. The van der Waals surface area contributed by atoms with Crippen LogP contribution >= 0.6 is 17.0 Å². The molecule has 0 aromatic heterocycles. The Morgan fingerprint density at radius 1 is 1.60 bits per heavy atom. The summed E-state index contributed by atoms with van der Waals surface area (Å²) in [5.41, 5.74) is 1.26. The normalized spacial score (nSPS) is 15.6. The van der Waals surface area contributed by atoms with E-state index in [1.165, 1.54) is 5.57 Å². The van der Waals surface area contributed by atoms with E-state index in [9.17, 15) is 0 Å². The van der Waals surface area contributed by atoms with Gasteiger partial charge in [0.05, 0.1) is 0 Å². The van der Waals surface area contributed by atoms with Crippen LogP contribution in [0.4, 0.5) is 0 Å². The van der Waals surface area contributed by atoms with Gasteiger partial charge in [-0.25, -0.2) is 0 Å². The van der Waals surface area contributed by atoms with Crippen LogP contribution in [0.3, 0.4) is 0 Å². The van der Waals surface area contributed by atoms with E-state index >= 15 is 0 Å². The average molecular weight is 257 g/mol. The van der Waals surface area contributed by atoms with Gasteiger partial charge in [0.1, 0.15) is 0 Å². The summed E-state index contributed by atoms with van der Waals surface area (Å²) in [4.78, 5) is 0. The quantitative estimate of drug-likeness (QED) is 0.755. The molecule has 1 rings (SSSR count). The zero-order valence-corrected chi connectivity index (χ0v) is 9.28. The molecule has 0 spiro atoms. The molecule has 0 fully saturated rings. The van der Waals surface area contributed by atoms with Crippen molar-refractivity contribution in [3.05, 3.63) is 23.8 Å². The molecule has 1 nitrogen and oxygen atoms in total. The summed E-state index contributed by atoms with van der Waals surface area (Å²) >= 11 is -2.33. The Balaban J connectivity index is 2.15. The second-order valence-corrected chi connectivity index (χ2v) is 9.00. The summed E-state index contributed by atoms with van der Waals surface area (Å²) in [7, 11) is 11.1. The Kier molecular flexibility index (Phi) is 4.24. The summed E-state index contributed by atoms with van der Waals surface area (Å²) in [6.45, 7) is 0.620. The third kappa shape index (κ3) is 3.34. The zero-order chi connectivity index (χ0) is 7.40. The van der Waals surface area contributed by atoms with Gasteiger partial charge in [0.2, 0.25) is 0 Å². The Hall–Kier alpha value is 0.903. The van der Waals surface area contributed by atoms with Gasteiger partial charge in [0.25, 0.3) is 0 Å². The van der Waals surface area contributed by atoms with Crippen LogP contribution in [0.2, 0.25) is 0 Å². The molecule has 0 saturated heterocycles. The molecule has 0 aromatic carbocycles. The fourth-order valence-electron chi connectivity index (χ4n) is 0.746. The second kappa shape index (κ2) is 4.71. The van der Waals surface area contributed by atoms with Crippen molar-refractivity contribution in [2.45, 2.75) is 6.42 Å². The van der Waals surface area contributed by atoms with Crippen molar-refractivity contribution in [1.82, 2.24) is 0 Å². The Morgan fingerprint density at radius 2 is 2.40 bits per heavy atom. The monoisotopic (exact) mass is 255 g/mol. The molecule has 10 heavy (non-hydrogen) atoms.